The van der Waals surface area contributed by atoms with Crippen LogP contribution in [0.3, 0.4) is 0 Å². The number of nitrogens with zero attached hydrogens (tertiary/aromatic N) is 1. The molecule has 2 N–H and O–H groups in total. The lowest BCUT2D eigenvalue weighted by atomic mass is 10.3. The SMILES string of the molecule is C=C1OC(C)=C(COC(=O)CCCNCCN(CCNC(=O)OCc2oc(=O)oc2C)C(=O)OCc2oc(=O)oc2C)O1. The molecule has 0 saturated heterocycles. The van der Waals surface area contributed by atoms with E-state index >= 15 is 0 Å². The standard InChI is InChI=1S/C26H33N3O14/c1-15-19(41-18(4)38-15)12-35-22(30)6-5-7-27-8-10-29(24(32)37-14-21-17(3)40-26(34)43-21)11-9-28-23(31)36-13-20-16(2)39-25(33)42-20/h27H,4-14H2,1-3H3,(H,28,31). The monoisotopic (exact) mass is 611 g/mol. The fourth-order valence-corrected chi connectivity index (χ4v) is 3.50. The third-order valence-corrected chi connectivity index (χ3v) is 5.80. The number of esters is 1. The number of carbonyl (C=O) groups excluding carboxylic acids is 3. The summed E-state index contributed by atoms with van der Waals surface area (Å²) in [6.45, 7) is 8.43. The van der Waals surface area contributed by atoms with Crippen molar-refractivity contribution in [1.82, 2.24) is 15.5 Å². The molecule has 2 aromatic heterocycles. The lowest BCUT2D eigenvalue weighted by Gasteiger charge is -2.22. The van der Waals surface area contributed by atoms with Crippen molar-refractivity contribution in [2.75, 3.05) is 39.3 Å². The molecular formula is C26H33N3O14. The molecule has 0 atom stereocenters. The second-order valence-electron chi connectivity index (χ2n) is 8.98. The smallest absolute Gasteiger partial charge is 0.457 e. The molecule has 17 heteroatoms. The number of rotatable bonds is 16. The van der Waals surface area contributed by atoms with Gasteiger partial charge in [0.05, 0.1) is 0 Å². The Morgan fingerprint density at radius 2 is 1.42 bits per heavy atom. The molecule has 3 rings (SSSR count). The Labute approximate surface area is 244 Å². The fourth-order valence-electron chi connectivity index (χ4n) is 3.50. The van der Waals surface area contributed by atoms with Crippen molar-refractivity contribution >= 4 is 18.2 Å². The quantitative estimate of drug-likeness (QED) is 0.158. The van der Waals surface area contributed by atoms with Crippen LogP contribution in [0.4, 0.5) is 9.59 Å². The van der Waals surface area contributed by atoms with Gasteiger partial charge in [-0.05, 0) is 40.3 Å². The van der Waals surface area contributed by atoms with E-state index in [1.165, 1.54) is 18.7 Å². The van der Waals surface area contributed by atoms with Gasteiger partial charge in [0.1, 0.15) is 5.76 Å². The van der Waals surface area contributed by atoms with Gasteiger partial charge in [-0.1, -0.05) is 0 Å². The number of allylic oxidation sites excluding steroid dienone is 1. The van der Waals surface area contributed by atoms with Crippen molar-refractivity contribution < 1.29 is 55.7 Å². The van der Waals surface area contributed by atoms with Crippen LogP contribution in [-0.2, 0) is 41.7 Å². The minimum atomic E-state index is -0.917. The number of alkyl carbamates (subject to hydrolysis) is 1. The third-order valence-electron chi connectivity index (χ3n) is 5.80. The maximum Gasteiger partial charge on any atom is 0.519 e. The van der Waals surface area contributed by atoms with Crippen LogP contribution in [0.2, 0.25) is 0 Å². The lowest BCUT2D eigenvalue weighted by Crippen LogP contribution is -2.42. The van der Waals surface area contributed by atoms with Gasteiger partial charge in [0.15, 0.2) is 48.6 Å². The third kappa shape index (κ3) is 10.8. The zero-order valence-electron chi connectivity index (χ0n) is 23.9. The average Bonchev–Trinajstić information content (AvgIpc) is 3.58. The molecule has 3 heterocycles. The molecule has 0 radical (unpaired) electrons. The molecule has 0 spiro atoms. The molecule has 2 aromatic rings. The number of hydrogen-bond acceptors (Lipinski definition) is 15. The first kappa shape index (κ1) is 32.6. The molecule has 0 bridgehead atoms. The van der Waals surface area contributed by atoms with E-state index in [1.807, 2.05) is 0 Å². The number of aryl methyl sites for hydroxylation is 2. The molecule has 0 unspecified atom stereocenters. The summed E-state index contributed by atoms with van der Waals surface area (Å²) in [5.74, 6) is -0.743. The Kier molecular flexibility index (Phi) is 12.1. The summed E-state index contributed by atoms with van der Waals surface area (Å²) in [6, 6.07) is 0. The average molecular weight is 612 g/mol. The van der Waals surface area contributed by atoms with Gasteiger partial charge in [0.2, 0.25) is 0 Å². The van der Waals surface area contributed by atoms with Gasteiger partial charge in [0.25, 0.3) is 5.95 Å². The molecule has 43 heavy (non-hydrogen) atoms. The zero-order chi connectivity index (χ0) is 31.4. The minimum absolute atomic E-state index is 0.00801. The Balaban J connectivity index is 1.39. The molecule has 1 aliphatic heterocycles. The molecule has 0 aliphatic carbocycles. The number of carbonyl (C=O) groups is 3. The first-order chi connectivity index (χ1) is 20.5. The van der Waals surface area contributed by atoms with Gasteiger partial charge in [-0.15, -0.1) is 0 Å². The van der Waals surface area contributed by atoms with Crippen molar-refractivity contribution in [3.8, 4) is 0 Å². The van der Waals surface area contributed by atoms with Gasteiger partial charge in [-0.25, -0.2) is 19.2 Å². The molecule has 1 aliphatic rings. The van der Waals surface area contributed by atoms with Crippen LogP contribution in [0.1, 0.15) is 42.8 Å². The van der Waals surface area contributed by atoms with Crippen LogP contribution in [0, 0.1) is 13.8 Å². The summed E-state index contributed by atoms with van der Waals surface area (Å²) in [4.78, 5) is 60.4. The van der Waals surface area contributed by atoms with Gasteiger partial charge in [0, 0.05) is 32.6 Å². The summed E-state index contributed by atoms with van der Waals surface area (Å²) in [7, 11) is 0. The van der Waals surface area contributed by atoms with Crippen LogP contribution >= 0.6 is 0 Å². The van der Waals surface area contributed by atoms with E-state index in [-0.39, 0.29) is 74.9 Å². The predicted octanol–water partition coefficient (Wildman–Crippen LogP) is 1.92. The van der Waals surface area contributed by atoms with Gasteiger partial charge >= 0.3 is 29.8 Å². The largest absolute Gasteiger partial charge is 0.519 e. The van der Waals surface area contributed by atoms with Crippen LogP contribution < -0.4 is 22.3 Å². The van der Waals surface area contributed by atoms with Crippen molar-refractivity contribution in [2.24, 2.45) is 0 Å². The van der Waals surface area contributed by atoms with Crippen LogP contribution in [0.15, 0.2) is 51.3 Å². The highest BCUT2D eigenvalue weighted by Crippen LogP contribution is 2.23. The first-order valence-electron chi connectivity index (χ1n) is 13.1. The summed E-state index contributed by atoms with van der Waals surface area (Å²) in [5.41, 5.74) is 0. The van der Waals surface area contributed by atoms with E-state index in [2.05, 4.69) is 17.2 Å². The normalized spacial score (nSPS) is 12.5. The van der Waals surface area contributed by atoms with E-state index in [0.717, 1.165) is 0 Å². The minimum Gasteiger partial charge on any atom is -0.457 e. The van der Waals surface area contributed by atoms with Crippen molar-refractivity contribution in [3.63, 3.8) is 0 Å². The van der Waals surface area contributed by atoms with Gasteiger partial charge < -0.3 is 56.9 Å². The number of nitrogens with one attached hydrogen (secondary N) is 2. The zero-order valence-corrected chi connectivity index (χ0v) is 23.9. The van der Waals surface area contributed by atoms with E-state index in [9.17, 15) is 24.0 Å². The highest BCUT2D eigenvalue weighted by Gasteiger charge is 2.20. The van der Waals surface area contributed by atoms with Crippen molar-refractivity contribution in [3.05, 3.63) is 68.3 Å². The highest BCUT2D eigenvalue weighted by atomic mass is 16.7. The van der Waals surface area contributed by atoms with Crippen LogP contribution in [-0.4, -0.2) is 62.4 Å². The summed E-state index contributed by atoms with van der Waals surface area (Å²) < 4.78 is 44.8. The number of hydrogen-bond donors (Lipinski definition) is 2. The molecule has 0 aromatic carbocycles. The van der Waals surface area contributed by atoms with Gasteiger partial charge in [-0.2, -0.15) is 0 Å². The lowest BCUT2D eigenvalue weighted by molar-refractivity contribution is -0.143. The Morgan fingerprint density at radius 1 is 0.791 bits per heavy atom. The summed E-state index contributed by atoms with van der Waals surface area (Å²) in [5, 5.41) is 5.59. The predicted molar refractivity (Wildman–Crippen MR) is 141 cm³/mol. The molecule has 0 fully saturated rings. The maximum atomic E-state index is 12.7. The number of amides is 2. The molecule has 2 amide bonds. The van der Waals surface area contributed by atoms with E-state index < -0.39 is 29.8 Å². The molecule has 236 valence electrons. The second kappa shape index (κ2) is 15.9. The van der Waals surface area contributed by atoms with E-state index in [0.29, 0.717) is 31.0 Å². The first-order valence-corrected chi connectivity index (χ1v) is 13.1. The Hall–Kier alpha value is -4.93. The molecule has 0 saturated carbocycles. The van der Waals surface area contributed by atoms with Crippen LogP contribution in [0.5, 0.6) is 0 Å². The summed E-state index contributed by atoms with van der Waals surface area (Å²) in [6.07, 6.45) is -0.949. The second-order valence-corrected chi connectivity index (χ2v) is 8.98. The molecular weight excluding hydrogens is 578 g/mol. The topological polar surface area (TPSA) is 211 Å². The Bertz CT molecular complexity index is 1430. The maximum absolute atomic E-state index is 12.7. The summed E-state index contributed by atoms with van der Waals surface area (Å²) >= 11 is 0. The van der Waals surface area contributed by atoms with E-state index in [1.54, 1.807) is 6.92 Å². The van der Waals surface area contributed by atoms with Gasteiger partial charge in [-0.3, -0.25) is 4.79 Å². The van der Waals surface area contributed by atoms with E-state index in [4.69, 9.17) is 41.4 Å². The fraction of sp³-hybridized carbons (Fsp3) is 0.500. The van der Waals surface area contributed by atoms with Crippen molar-refractivity contribution in [2.45, 2.75) is 46.8 Å². The Morgan fingerprint density at radius 3 is 2.00 bits per heavy atom. The number of ether oxygens (including phenoxy) is 5. The molecule has 17 nitrogen and oxygen atoms in total. The van der Waals surface area contributed by atoms with Crippen molar-refractivity contribution in [1.29, 1.82) is 0 Å². The van der Waals surface area contributed by atoms with Crippen LogP contribution in [0.25, 0.3) is 0 Å². The highest BCUT2D eigenvalue weighted by molar-refractivity contribution is 5.69.